The molecule has 4 unspecified atom stereocenters. The number of hydrogen-bond acceptors (Lipinski definition) is 3. The summed E-state index contributed by atoms with van der Waals surface area (Å²) in [5.41, 5.74) is 7.29. The van der Waals surface area contributed by atoms with E-state index >= 15 is 0 Å². The average Bonchev–Trinajstić information content (AvgIpc) is 3.00. The molecule has 1 heterocycles. The molecular formula is C15H21N3O. The third-order valence-electron chi connectivity index (χ3n) is 4.85. The molecule has 3 rings (SSSR count). The Morgan fingerprint density at radius 1 is 1.37 bits per heavy atom. The fraction of sp³-hybridized carbons (Fsp3) is 0.600. The van der Waals surface area contributed by atoms with Crippen LogP contribution in [-0.4, -0.2) is 16.9 Å². The lowest BCUT2D eigenvalue weighted by atomic mass is 9.84. The first-order valence-corrected chi connectivity index (χ1v) is 7.12. The van der Waals surface area contributed by atoms with Crippen LogP contribution in [0.3, 0.4) is 0 Å². The number of fused-ring (bicyclic) bond motifs is 2. The van der Waals surface area contributed by atoms with Gasteiger partial charge in [0.2, 0.25) is 5.91 Å². The Morgan fingerprint density at radius 3 is 2.68 bits per heavy atom. The van der Waals surface area contributed by atoms with Crippen LogP contribution in [0.15, 0.2) is 24.5 Å². The summed E-state index contributed by atoms with van der Waals surface area (Å²) >= 11 is 0. The molecule has 0 saturated heterocycles. The number of carbonyl (C=O) groups is 1. The van der Waals surface area contributed by atoms with Gasteiger partial charge in [-0.2, -0.15) is 0 Å². The van der Waals surface area contributed by atoms with Gasteiger partial charge in [0.1, 0.15) is 0 Å². The van der Waals surface area contributed by atoms with E-state index in [1.54, 1.807) is 12.4 Å². The van der Waals surface area contributed by atoms with E-state index in [4.69, 9.17) is 5.73 Å². The zero-order chi connectivity index (χ0) is 13.4. The largest absolute Gasteiger partial charge is 0.349 e. The topological polar surface area (TPSA) is 68.0 Å². The van der Waals surface area contributed by atoms with E-state index in [9.17, 15) is 4.79 Å². The van der Waals surface area contributed by atoms with E-state index in [1.807, 2.05) is 19.1 Å². The van der Waals surface area contributed by atoms with Gasteiger partial charge in [0.05, 0.1) is 12.0 Å². The summed E-state index contributed by atoms with van der Waals surface area (Å²) in [5.74, 6) is 1.22. The van der Waals surface area contributed by atoms with E-state index in [2.05, 4.69) is 10.3 Å². The number of nitrogens with zero attached hydrogens (tertiary/aromatic N) is 1. The number of aromatic nitrogens is 1. The zero-order valence-corrected chi connectivity index (χ0v) is 11.3. The summed E-state index contributed by atoms with van der Waals surface area (Å²) in [7, 11) is 0. The lowest BCUT2D eigenvalue weighted by molar-refractivity contribution is -0.127. The molecular weight excluding hydrogens is 238 g/mol. The highest BCUT2D eigenvalue weighted by atomic mass is 16.2. The summed E-state index contributed by atoms with van der Waals surface area (Å²) in [6.45, 7) is 2.01. The Balaban J connectivity index is 1.66. The summed E-state index contributed by atoms with van der Waals surface area (Å²) in [6.07, 6.45) is 7.01. The number of carbonyl (C=O) groups excluding carboxylic acids is 1. The first-order chi connectivity index (χ1) is 9.16. The maximum absolute atomic E-state index is 12.4. The summed E-state index contributed by atoms with van der Waals surface area (Å²) in [4.78, 5) is 16.4. The minimum absolute atomic E-state index is 0.0156. The van der Waals surface area contributed by atoms with Crippen molar-refractivity contribution in [1.29, 1.82) is 0 Å². The Morgan fingerprint density at radius 2 is 2.05 bits per heavy atom. The molecule has 4 nitrogen and oxygen atoms in total. The third kappa shape index (κ3) is 2.25. The van der Waals surface area contributed by atoms with Crippen LogP contribution >= 0.6 is 0 Å². The first-order valence-electron chi connectivity index (χ1n) is 7.12. The molecule has 1 aromatic rings. The van der Waals surface area contributed by atoms with Gasteiger partial charge in [-0.25, -0.2) is 0 Å². The molecule has 0 spiro atoms. The lowest BCUT2D eigenvalue weighted by Crippen LogP contribution is -2.45. The Bertz CT molecular complexity index is 460. The lowest BCUT2D eigenvalue weighted by Gasteiger charge is -2.28. The van der Waals surface area contributed by atoms with Crippen molar-refractivity contribution >= 4 is 5.91 Å². The monoisotopic (exact) mass is 259 g/mol. The molecule has 0 aromatic carbocycles. The molecule has 2 aliphatic rings. The molecule has 0 radical (unpaired) electrons. The van der Waals surface area contributed by atoms with Crippen LogP contribution in [0.4, 0.5) is 0 Å². The van der Waals surface area contributed by atoms with E-state index < -0.39 is 0 Å². The fourth-order valence-electron chi connectivity index (χ4n) is 3.77. The van der Waals surface area contributed by atoms with Crippen molar-refractivity contribution in [1.82, 2.24) is 10.3 Å². The molecule has 1 aromatic heterocycles. The maximum atomic E-state index is 12.4. The van der Waals surface area contributed by atoms with Crippen molar-refractivity contribution in [3.8, 4) is 0 Å². The van der Waals surface area contributed by atoms with Crippen LogP contribution in [0.2, 0.25) is 0 Å². The SMILES string of the molecule is C[C@H](NC(=O)C1C2CCC(C2)C1N)c1ccncc1. The van der Waals surface area contributed by atoms with E-state index in [0.717, 1.165) is 12.0 Å². The third-order valence-corrected chi connectivity index (χ3v) is 4.85. The average molecular weight is 259 g/mol. The predicted molar refractivity (Wildman–Crippen MR) is 73.1 cm³/mol. The van der Waals surface area contributed by atoms with Crippen molar-refractivity contribution < 1.29 is 4.79 Å². The smallest absolute Gasteiger partial charge is 0.225 e. The summed E-state index contributed by atoms with van der Waals surface area (Å²) in [6, 6.07) is 3.95. The highest BCUT2D eigenvalue weighted by Gasteiger charge is 2.49. The number of amides is 1. The molecule has 4 heteroatoms. The Hall–Kier alpha value is -1.42. The first kappa shape index (κ1) is 12.6. The van der Waals surface area contributed by atoms with E-state index in [-0.39, 0.29) is 23.9 Å². The Kier molecular flexibility index (Phi) is 3.27. The van der Waals surface area contributed by atoms with Crippen LogP contribution in [0.5, 0.6) is 0 Å². The second-order valence-corrected chi connectivity index (χ2v) is 5.95. The molecule has 19 heavy (non-hydrogen) atoms. The van der Waals surface area contributed by atoms with E-state index in [0.29, 0.717) is 11.8 Å². The minimum atomic E-state index is 0.0156. The van der Waals surface area contributed by atoms with Gasteiger partial charge < -0.3 is 11.1 Å². The molecule has 5 atom stereocenters. The van der Waals surface area contributed by atoms with Crippen LogP contribution in [0, 0.1) is 17.8 Å². The zero-order valence-electron chi connectivity index (χ0n) is 11.3. The summed E-state index contributed by atoms with van der Waals surface area (Å²) in [5, 5.41) is 3.11. The molecule has 0 aliphatic heterocycles. The number of pyridine rings is 1. The van der Waals surface area contributed by atoms with Gasteiger partial charge >= 0.3 is 0 Å². The van der Waals surface area contributed by atoms with Gasteiger partial charge in [-0.05, 0) is 55.7 Å². The maximum Gasteiger partial charge on any atom is 0.225 e. The normalized spacial score (nSPS) is 34.2. The Labute approximate surface area is 113 Å². The van der Waals surface area contributed by atoms with Crippen LogP contribution in [0.1, 0.15) is 37.8 Å². The highest BCUT2D eigenvalue weighted by Crippen LogP contribution is 2.47. The predicted octanol–water partition coefficient (Wildman–Crippen LogP) is 1.63. The molecule has 2 saturated carbocycles. The van der Waals surface area contributed by atoms with Crippen molar-refractivity contribution in [2.45, 2.75) is 38.3 Å². The molecule has 3 N–H and O–H groups in total. The number of rotatable bonds is 3. The van der Waals surface area contributed by atoms with Crippen molar-refractivity contribution in [2.75, 3.05) is 0 Å². The van der Waals surface area contributed by atoms with Crippen LogP contribution in [0.25, 0.3) is 0 Å². The quantitative estimate of drug-likeness (QED) is 0.867. The van der Waals surface area contributed by atoms with Gasteiger partial charge in [0.25, 0.3) is 0 Å². The summed E-state index contributed by atoms with van der Waals surface area (Å²) < 4.78 is 0. The molecule has 2 aliphatic carbocycles. The van der Waals surface area contributed by atoms with Gasteiger partial charge in [0.15, 0.2) is 0 Å². The molecule has 2 bridgehead atoms. The number of nitrogens with two attached hydrogens (primary N) is 1. The molecule has 1 amide bonds. The van der Waals surface area contributed by atoms with Crippen molar-refractivity contribution in [3.05, 3.63) is 30.1 Å². The molecule has 2 fully saturated rings. The van der Waals surface area contributed by atoms with Crippen molar-refractivity contribution in [2.24, 2.45) is 23.5 Å². The van der Waals surface area contributed by atoms with Crippen molar-refractivity contribution in [3.63, 3.8) is 0 Å². The van der Waals surface area contributed by atoms with E-state index in [1.165, 1.54) is 12.8 Å². The van der Waals surface area contributed by atoms with Gasteiger partial charge in [-0.15, -0.1) is 0 Å². The fourth-order valence-corrected chi connectivity index (χ4v) is 3.77. The number of hydrogen-bond donors (Lipinski definition) is 2. The van der Waals surface area contributed by atoms with Gasteiger partial charge in [0, 0.05) is 18.4 Å². The second kappa shape index (κ2) is 4.93. The van der Waals surface area contributed by atoms with Gasteiger partial charge in [-0.1, -0.05) is 0 Å². The standard InChI is InChI=1S/C15H21N3O/c1-9(10-4-6-17-7-5-10)18-15(19)13-11-2-3-12(8-11)14(13)16/h4-7,9,11-14H,2-3,8,16H2,1H3,(H,18,19)/t9-,11?,12?,13?,14?/m0/s1. The number of nitrogens with one attached hydrogen (secondary N) is 1. The molecule has 102 valence electrons. The van der Waals surface area contributed by atoms with Crippen LogP contribution < -0.4 is 11.1 Å². The second-order valence-electron chi connectivity index (χ2n) is 5.95. The minimum Gasteiger partial charge on any atom is -0.349 e. The van der Waals surface area contributed by atoms with Crippen LogP contribution in [-0.2, 0) is 4.79 Å². The highest BCUT2D eigenvalue weighted by molar-refractivity contribution is 5.80. The van der Waals surface area contributed by atoms with Gasteiger partial charge in [-0.3, -0.25) is 9.78 Å².